The van der Waals surface area contributed by atoms with Gasteiger partial charge in [0.05, 0.1) is 5.69 Å². The number of anilines is 1. The van der Waals surface area contributed by atoms with Gasteiger partial charge in [-0.15, -0.1) is 0 Å². The van der Waals surface area contributed by atoms with Gasteiger partial charge in [0.2, 0.25) is 0 Å². The zero-order valence-electron chi connectivity index (χ0n) is 15.1. The number of nitrogens with one attached hydrogen (secondary N) is 1. The first kappa shape index (κ1) is 17.4. The van der Waals surface area contributed by atoms with Gasteiger partial charge < -0.3 is 10.2 Å². The van der Waals surface area contributed by atoms with Gasteiger partial charge in [0.1, 0.15) is 4.88 Å². The number of allylic oxidation sites excluding steroid dienone is 1. The van der Waals surface area contributed by atoms with E-state index in [4.69, 9.17) is 0 Å². The van der Waals surface area contributed by atoms with E-state index in [1.54, 1.807) is 0 Å². The molecule has 4 heterocycles. The molecule has 0 spiro atoms. The minimum atomic E-state index is 0.160. The standard InChI is InChI=1S/C18H28N4OS/c1-12(2)7-8-21-9-14-5-6-15(21)11-22(10-14)17(23)16-13(3)20-18(19-4)24-16/h7,14-15H,5-6,8-11H2,1-4H3,(H,19,20)/t14-,15-/m1/s1. The number of carbonyl (C=O) groups excluding carboxylic acids is 1. The number of amides is 1. The number of fused-ring (bicyclic) bond motifs is 4. The van der Waals surface area contributed by atoms with Crippen molar-refractivity contribution < 1.29 is 4.79 Å². The molecule has 132 valence electrons. The first-order valence-electron chi connectivity index (χ1n) is 8.79. The van der Waals surface area contributed by atoms with Gasteiger partial charge in [0.25, 0.3) is 5.91 Å². The Kier molecular flexibility index (Phi) is 5.25. The maximum absolute atomic E-state index is 13.0. The lowest BCUT2D eigenvalue weighted by molar-refractivity contribution is 0.0744. The van der Waals surface area contributed by atoms with Crippen molar-refractivity contribution in [1.82, 2.24) is 14.8 Å². The largest absolute Gasteiger partial charge is 0.365 e. The van der Waals surface area contributed by atoms with Crippen LogP contribution >= 0.6 is 11.3 Å². The van der Waals surface area contributed by atoms with Gasteiger partial charge in [-0.25, -0.2) is 4.98 Å². The second-order valence-electron chi connectivity index (χ2n) is 7.23. The van der Waals surface area contributed by atoms with Crippen LogP contribution in [0.15, 0.2) is 11.6 Å². The van der Waals surface area contributed by atoms with Crippen molar-refractivity contribution >= 4 is 22.4 Å². The van der Waals surface area contributed by atoms with Gasteiger partial charge in [-0.05, 0) is 39.5 Å². The van der Waals surface area contributed by atoms with Crippen LogP contribution in [-0.4, -0.2) is 60.0 Å². The van der Waals surface area contributed by atoms with Gasteiger partial charge in [0.15, 0.2) is 5.13 Å². The highest BCUT2D eigenvalue weighted by Crippen LogP contribution is 2.30. The molecule has 1 amide bonds. The Labute approximate surface area is 148 Å². The maximum atomic E-state index is 13.0. The van der Waals surface area contributed by atoms with E-state index in [2.05, 4.69) is 40.0 Å². The van der Waals surface area contributed by atoms with Crippen molar-refractivity contribution in [2.24, 2.45) is 5.92 Å². The highest BCUT2D eigenvalue weighted by molar-refractivity contribution is 7.17. The number of carbonyl (C=O) groups is 1. The Balaban J connectivity index is 1.75. The summed E-state index contributed by atoms with van der Waals surface area (Å²) in [6, 6.07) is 0.486. The van der Waals surface area contributed by atoms with Crippen LogP contribution < -0.4 is 5.32 Å². The van der Waals surface area contributed by atoms with Gasteiger partial charge in [-0.3, -0.25) is 9.69 Å². The van der Waals surface area contributed by atoms with Crippen LogP contribution in [0.1, 0.15) is 42.1 Å². The summed E-state index contributed by atoms with van der Waals surface area (Å²) in [5.74, 6) is 0.753. The molecular formula is C18H28N4OS. The van der Waals surface area contributed by atoms with Crippen LogP contribution in [0.5, 0.6) is 0 Å². The molecule has 5 nitrogen and oxygen atoms in total. The molecule has 2 bridgehead atoms. The number of rotatable bonds is 4. The summed E-state index contributed by atoms with van der Waals surface area (Å²) in [5.41, 5.74) is 2.20. The van der Waals surface area contributed by atoms with Crippen molar-refractivity contribution in [3.8, 4) is 0 Å². The SMILES string of the molecule is CNc1nc(C)c(C(=O)N2C[C@@H]3CC[C@H](C2)N(CC=C(C)C)C3)s1. The Morgan fingerprint density at radius 3 is 2.79 bits per heavy atom. The first-order chi connectivity index (χ1) is 11.5. The van der Waals surface area contributed by atoms with E-state index in [0.717, 1.165) is 41.9 Å². The summed E-state index contributed by atoms with van der Waals surface area (Å²) in [6.45, 7) is 10.1. The quantitative estimate of drug-likeness (QED) is 0.850. The number of piperidine rings is 1. The number of hydrogen-bond donors (Lipinski definition) is 1. The third-order valence-electron chi connectivity index (χ3n) is 5.05. The van der Waals surface area contributed by atoms with E-state index in [1.165, 1.54) is 29.8 Å². The predicted molar refractivity (Wildman–Crippen MR) is 99.8 cm³/mol. The van der Waals surface area contributed by atoms with Crippen LogP contribution in [0.2, 0.25) is 0 Å². The number of hydrogen-bond acceptors (Lipinski definition) is 5. The fourth-order valence-electron chi connectivity index (χ4n) is 3.71. The van der Waals surface area contributed by atoms with Crippen LogP contribution in [0.25, 0.3) is 0 Å². The predicted octanol–water partition coefficient (Wildman–Crippen LogP) is 3.00. The minimum Gasteiger partial charge on any atom is -0.365 e. The van der Waals surface area contributed by atoms with E-state index < -0.39 is 0 Å². The smallest absolute Gasteiger partial charge is 0.265 e. The molecule has 3 fully saturated rings. The molecule has 0 unspecified atom stereocenters. The summed E-state index contributed by atoms with van der Waals surface area (Å²) in [5, 5.41) is 3.86. The molecule has 3 aliphatic rings. The molecule has 24 heavy (non-hydrogen) atoms. The lowest BCUT2D eigenvalue weighted by Gasteiger charge is -2.35. The number of aryl methyl sites for hydroxylation is 1. The van der Waals surface area contributed by atoms with E-state index >= 15 is 0 Å². The average Bonchev–Trinajstić information content (AvgIpc) is 2.73. The summed E-state index contributed by atoms with van der Waals surface area (Å²) >= 11 is 1.47. The van der Waals surface area contributed by atoms with Crippen molar-refractivity contribution in [1.29, 1.82) is 0 Å². The van der Waals surface area contributed by atoms with Crippen LogP contribution in [0, 0.1) is 12.8 Å². The van der Waals surface area contributed by atoms with E-state index in [1.807, 2.05) is 14.0 Å². The molecular weight excluding hydrogens is 320 g/mol. The zero-order chi connectivity index (χ0) is 17.3. The number of nitrogens with zero attached hydrogens (tertiary/aromatic N) is 3. The summed E-state index contributed by atoms with van der Waals surface area (Å²) < 4.78 is 0. The van der Waals surface area contributed by atoms with Gasteiger partial charge >= 0.3 is 0 Å². The summed E-state index contributed by atoms with van der Waals surface area (Å²) in [4.78, 5) is 22.9. The van der Waals surface area contributed by atoms with Crippen molar-refractivity contribution in [2.75, 3.05) is 38.5 Å². The molecule has 1 aromatic heterocycles. The van der Waals surface area contributed by atoms with Crippen LogP contribution in [0.3, 0.4) is 0 Å². The van der Waals surface area contributed by atoms with Crippen LogP contribution in [0.4, 0.5) is 5.13 Å². The van der Waals surface area contributed by atoms with Gasteiger partial charge in [-0.2, -0.15) is 0 Å². The Hall–Kier alpha value is -1.40. The minimum absolute atomic E-state index is 0.160. The van der Waals surface area contributed by atoms with E-state index in [-0.39, 0.29) is 5.91 Å². The van der Waals surface area contributed by atoms with Crippen LogP contribution in [-0.2, 0) is 0 Å². The Morgan fingerprint density at radius 1 is 1.33 bits per heavy atom. The molecule has 2 atom stereocenters. The lowest BCUT2D eigenvalue weighted by atomic mass is 9.95. The molecule has 0 radical (unpaired) electrons. The van der Waals surface area contributed by atoms with Gasteiger partial charge in [0, 0.05) is 39.3 Å². The molecule has 0 aromatic carbocycles. The fraction of sp³-hybridized carbons (Fsp3) is 0.667. The summed E-state index contributed by atoms with van der Waals surface area (Å²) in [6.07, 6.45) is 4.75. The van der Waals surface area contributed by atoms with Crippen molar-refractivity contribution in [3.63, 3.8) is 0 Å². The highest BCUT2D eigenvalue weighted by atomic mass is 32.1. The average molecular weight is 349 g/mol. The topological polar surface area (TPSA) is 48.5 Å². The molecule has 3 aliphatic heterocycles. The number of aromatic nitrogens is 1. The molecule has 1 aromatic rings. The molecule has 4 rings (SSSR count). The lowest BCUT2D eigenvalue weighted by Crippen LogP contribution is -2.44. The monoisotopic (exact) mass is 348 g/mol. The Morgan fingerprint density at radius 2 is 2.12 bits per heavy atom. The number of thiazole rings is 1. The van der Waals surface area contributed by atoms with Crippen molar-refractivity contribution in [2.45, 2.75) is 39.7 Å². The summed E-state index contributed by atoms with van der Waals surface area (Å²) in [7, 11) is 1.85. The third kappa shape index (κ3) is 3.64. The highest BCUT2D eigenvalue weighted by Gasteiger charge is 2.36. The second-order valence-corrected chi connectivity index (χ2v) is 8.23. The first-order valence-corrected chi connectivity index (χ1v) is 9.61. The second kappa shape index (κ2) is 7.23. The molecule has 3 saturated heterocycles. The Bertz CT molecular complexity index is 635. The van der Waals surface area contributed by atoms with E-state index in [0.29, 0.717) is 12.0 Å². The zero-order valence-corrected chi connectivity index (χ0v) is 15.9. The van der Waals surface area contributed by atoms with E-state index in [9.17, 15) is 4.79 Å². The molecule has 0 aliphatic carbocycles. The normalized spacial score (nSPS) is 23.9. The molecule has 0 saturated carbocycles. The van der Waals surface area contributed by atoms with Gasteiger partial charge in [-0.1, -0.05) is 23.0 Å². The third-order valence-corrected chi connectivity index (χ3v) is 6.22. The molecule has 6 heteroatoms. The van der Waals surface area contributed by atoms with Crippen molar-refractivity contribution in [3.05, 3.63) is 22.2 Å². The molecule has 1 N–H and O–H groups in total. The fourth-order valence-corrected chi connectivity index (χ4v) is 4.60. The maximum Gasteiger partial charge on any atom is 0.265 e.